The van der Waals surface area contributed by atoms with E-state index in [4.69, 9.17) is 5.10 Å². The van der Waals surface area contributed by atoms with Crippen LogP contribution in [-0.2, 0) is 24.9 Å². The molecule has 4 nitrogen and oxygen atoms in total. The second-order valence-electron chi connectivity index (χ2n) is 8.05. The van der Waals surface area contributed by atoms with Gasteiger partial charge < -0.3 is 10.2 Å². The van der Waals surface area contributed by atoms with Crippen LogP contribution in [0.1, 0.15) is 37.6 Å². The molecule has 1 N–H and O–H groups in total. The lowest BCUT2D eigenvalue weighted by molar-refractivity contribution is 0.368. The maximum Gasteiger partial charge on any atom is 0.0971 e. The van der Waals surface area contributed by atoms with Gasteiger partial charge in [-0.15, -0.1) is 0 Å². The summed E-state index contributed by atoms with van der Waals surface area (Å²) in [4.78, 5) is 2.22. The van der Waals surface area contributed by atoms with Gasteiger partial charge in [0, 0.05) is 42.9 Å². The van der Waals surface area contributed by atoms with Gasteiger partial charge in [-0.25, -0.2) is 0 Å². The molecule has 1 aromatic heterocycles. The van der Waals surface area contributed by atoms with E-state index in [2.05, 4.69) is 74.0 Å². The van der Waals surface area contributed by atoms with Gasteiger partial charge in [0.05, 0.1) is 12.2 Å². The van der Waals surface area contributed by atoms with Crippen LogP contribution in [-0.4, -0.2) is 41.9 Å². The van der Waals surface area contributed by atoms with Gasteiger partial charge in [-0.3, -0.25) is 4.68 Å². The average Bonchev–Trinajstić information content (AvgIpc) is 2.91. The van der Waals surface area contributed by atoms with Crippen molar-refractivity contribution < 1.29 is 0 Å². The van der Waals surface area contributed by atoms with Gasteiger partial charge in [-0.2, -0.15) is 5.10 Å². The third kappa shape index (κ3) is 3.55. The molecule has 2 heterocycles. The summed E-state index contributed by atoms with van der Waals surface area (Å²) in [5, 5.41) is 8.48. The van der Waals surface area contributed by atoms with Crippen molar-refractivity contribution in [3.8, 4) is 11.3 Å². The molecule has 1 aromatic carbocycles. The SMILES string of the molecule is CN(C)CCn1nc(-c2ccc(C(C)(C)C)cc2)c2c1CCNC2. The lowest BCUT2D eigenvalue weighted by atomic mass is 9.86. The van der Waals surface area contributed by atoms with Crippen LogP contribution >= 0.6 is 0 Å². The van der Waals surface area contributed by atoms with E-state index >= 15 is 0 Å². The van der Waals surface area contributed by atoms with E-state index in [9.17, 15) is 0 Å². The fraction of sp³-hybridized carbons (Fsp3) is 0.550. The van der Waals surface area contributed by atoms with E-state index in [1.54, 1.807) is 0 Å². The molecular weight excluding hydrogens is 296 g/mol. The third-order valence-corrected chi connectivity index (χ3v) is 4.79. The van der Waals surface area contributed by atoms with Crippen molar-refractivity contribution in [2.45, 2.75) is 45.7 Å². The van der Waals surface area contributed by atoms with E-state index in [-0.39, 0.29) is 5.41 Å². The van der Waals surface area contributed by atoms with Crippen LogP contribution in [0.25, 0.3) is 11.3 Å². The number of benzene rings is 1. The van der Waals surface area contributed by atoms with Gasteiger partial charge in [0.1, 0.15) is 0 Å². The van der Waals surface area contributed by atoms with Crippen LogP contribution < -0.4 is 5.32 Å². The van der Waals surface area contributed by atoms with Crippen molar-refractivity contribution in [2.75, 3.05) is 27.2 Å². The van der Waals surface area contributed by atoms with Crippen molar-refractivity contribution >= 4 is 0 Å². The minimum atomic E-state index is 0.185. The highest BCUT2D eigenvalue weighted by atomic mass is 15.3. The van der Waals surface area contributed by atoms with Gasteiger partial charge >= 0.3 is 0 Å². The summed E-state index contributed by atoms with van der Waals surface area (Å²) < 4.78 is 2.23. The van der Waals surface area contributed by atoms with Crippen molar-refractivity contribution in [3.05, 3.63) is 41.1 Å². The highest BCUT2D eigenvalue weighted by Crippen LogP contribution is 2.30. The van der Waals surface area contributed by atoms with E-state index in [1.165, 1.54) is 22.4 Å². The van der Waals surface area contributed by atoms with Gasteiger partial charge in [-0.05, 0) is 25.1 Å². The Labute approximate surface area is 145 Å². The Balaban J connectivity index is 1.95. The maximum atomic E-state index is 4.98. The first-order valence-corrected chi connectivity index (χ1v) is 8.91. The molecule has 0 atom stereocenters. The largest absolute Gasteiger partial charge is 0.312 e. The molecule has 0 aliphatic carbocycles. The molecule has 1 aliphatic rings. The minimum absolute atomic E-state index is 0.185. The zero-order valence-electron chi connectivity index (χ0n) is 15.7. The topological polar surface area (TPSA) is 33.1 Å². The zero-order valence-corrected chi connectivity index (χ0v) is 15.7. The summed E-state index contributed by atoms with van der Waals surface area (Å²) >= 11 is 0. The lowest BCUT2D eigenvalue weighted by Gasteiger charge is -2.19. The van der Waals surface area contributed by atoms with E-state index in [0.29, 0.717) is 0 Å². The first-order chi connectivity index (χ1) is 11.4. The standard InChI is InChI=1S/C20H30N4/c1-20(2,3)16-8-6-15(7-9-16)19-17-14-21-11-10-18(17)24(22-19)13-12-23(4)5/h6-9,21H,10-14H2,1-5H3. The fourth-order valence-electron chi connectivity index (χ4n) is 3.26. The second kappa shape index (κ2) is 6.69. The molecule has 0 fully saturated rings. The number of fused-ring (bicyclic) bond motifs is 1. The first-order valence-electron chi connectivity index (χ1n) is 8.91. The van der Waals surface area contributed by atoms with Crippen molar-refractivity contribution in [2.24, 2.45) is 0 Å². The summed E-state index contributed by atoms with van der Waals surface area (Å²) in [7, 11) is 4.23. The number of hydrogen-bond donors (Lipinski definition) is 1. The molecule has 0 amide bonds. The fourth-order valence-corrected chi connectivity index (χ4v) is 3.26. The number of nitrogens with one attached hydrogen (secondary N) is 1. The number of nitrogens with zero attached hydrogens (tertiary/aromatic N) is 3. The summed E-state index contributed by atoms with van der Waals surface area (Å²) in [5.74, 6) is 0. The predicted octanol–water partition coefficient (Wildman–Crippen LogP) is 3.05. The van der Waals surface area contributed by atoms with E-state index < -0.39 is 0 Å². The molecule has 0 bridgehead atoms. The van der Waals surface area contributed by atoms with Gasteiger partial charge in [0.25, 0.3) is 0 Å². The van der Waals surface area contributed by atoms with Crippen LogP contribution in [0.4, 0.5) is 0 Å². The van der Waals surface area contributed by atoms with Crippen LogP contribution in [0.3, 0.4) is 0 Å². The van der Waals surface area contributed by atoms with Crippen molar-refractivity contribution in [3.63, 3.8) is 0 Å². The molecule has 0 saturated heterocycles. The van der Waals surface area contributed by atoms with Crippen molar-refractivity contribution in [1.29, 1.82) is 0 Å². The lowest BCUT2D eigenvalue weighted by Crippen LogP contribution is -2.26. The zero-order chi connectivity index (χ0) is 17.3. The number of rotatable bonds is 4. The Morgan fingerprint density at radius 2 is 1.88 bits per heavy atom. The van der Waals surface area contributed by atoms with Gasteiger partial charge in [0.15, 0.2) is 0 Å². The second-order valence-corrected chi connectivity index (χ2v) is 8.05. The average molecular weight is 326 g/mol. The summed E-state index contributed by atoms with van der Waals surface area (Å²) in [6.07, 6.45) is 1.07. The highest BCUT2D eigenvalue weighted by Gasteiger charge is 2.22. The molecule has 0 spiro atoms. The molecular formula is C20H30N4. The monoisotopic (exact) mass is 326 g/mol. The number of hydrogen-bond acceptors (Lipinski definition) is 3. The number of aromatic nitrogens is 2. The Morgan fingerprint density at radius 1 is 1.17 bits per heavy atom. The predicted molar refractivity (Wildman–Crippen MR) is 100 cm³/mol. The molecule has 0 unspecified atom stereocenters. The molecule has 0 saturated carbocycles. The molecule has 3 rings (SSSR count). The Kier molecular flexibility index (Phi) is 4.79. The number of likely N-dealkylation sites (N-methyl/N-ethyl adjacent to an activating group) is 1. The summed E-state index contributed by atoms with van der Waals surface area (Å²) in [6.45, 7) is 10.7. The van der Waals surface area contributed by atoms with Gasteiger partial charge in [0.2, 0.25) is 0 Å². The van der Waals surface area contributed by atoms with Crippen LogP contribution in [0, 0.1) is 0 Å². The third-order valence-electron chi connectivity index (χ3n) is 4.79. The Bertz CT molecular complexity index is 690. The van der Waals surface area contributed by atoms with Crippen LogP contribution in [0.5, 0.6) is 0 Å². The van der Waals surface area contributed by atoms with E-state index in [1.807, 2.05) is 0 Å². The summed E-state index contributed by atoms with van der Waals surface area (Å²) in [5.41, 5.74) is 6.71. The van der Waals surface area contributed by atoms with Crippen LogP contribution in [0.15, 0.2) is 24.3 Å². The summed E-state index contributed by atoms with van der Waals surface area (Å²) in [6, 6.07) is 8.95. The molecule has 1 aliphatic heterocycles. The molecule has 24 heavy (non-hydrogen) atoms. The Morgan fingerprint density at radius 3 is 2.50 bits per heavy atom. The van der Waals surface area contributed by atoms with Crippen LogP contribution in [0.2, 0.25) is 0 Å². The molecule has 130 valence electrons. The smallest absolute Gasteiger partial charge is 0.0971 e. The molecule has 4 heteroatoms. The quantitative estimate of drug-likeness (QED) is 0.937. The first kappa shape index (κ1) is 17.2. The molecule has 2 aromatic rings. The van der Waals surface area contributed by atoms with E-state index in [0.717, 1.165) is 38.3 Å². The Hall–Kier alpha value is -1.65. The maximum absolute atomic E-state index is 4.98. The highest BCUT2D eigenvalue weighted by molar-refractivity contribution is 5.65. The van der Waals surface area contributed by atoms with Crippen molar-refractivity contribution in [1.82, 2.24) is 20.0 Å². The van der Waals surface area contributed by atoms with Gasteiger partial charge in [-0.1, -0.05) is 45.0 Å². The molecule has 0 radical (unpaired) electrons. The minimum Gasteiger partial charge on any atom is -0.312 e. The normalized spacial score (nSPS) is 14.9.